The fraction of sp³-hybridized carbons (Fsp3) is 0.375. The Kier molecular flexibility index (Phi) is 3.81. The molecule has 4 nitrogen and oxygen atoms in total. The van der Waals surface area contributed by atoms with Gasteiger partial charge in [0, 0.05) is 32.7 Å². The summed E-state index contributed by atoms with van der Waals surface area (Å²) in [7, 11) is 2.07. The second kappa shape index (κ2) is 5.90. The summed E-state index contributed by atoms with van der Waals surface area (Å²) < 4.78 is 0. The minimum Gasteiger partial charge on any atom is -0.356 e. The first kappa shape index (κ1) is 12.9. The molecule has 0 amide bonds. The van der Waals surface area contributed by atoms with Crippen LogP contribution in [0.15, 0.2) is 42.7 Å². The Labute approximate surface area is 120 Å². The van der Waals surface area contributed by atoms with E-state index in [1.54, 1.807) is 6.33 Å². The van der Waals surface area contributed by atoms with Gasteiger partial charge in [0.25, 0.3) is 0 Å². The lowest BCUT2D eigenvalue weighted by Gasteiger charge is -2.21. The van der Waals surface area contributed by atoms with E-state index in [4.69, 9.17) is 0 Å². The Balaban J connectivity index is 1.74. The van der Waals surface area contributed by atoms with E-state index in [1.165, 1.54) is 18.4 Å². The van der Waals surface area contributed by atoms with Crippen molar-refractivity contribution in [1.82, 2.24) is 9.97 Å². The van der Waals surface area contributed by atoms with E-state index in [9.17, 15) is 0 Å². The maximum atomic E-state index is 4.40. The molecule has 20 heavy (non-hydrogen) atoms. The van der Waals surface area contributed by atoms with E-state index >= 15 is 0 Å². The fourth-order valence-corrected chi connectivity index (χ4v) is 2.60. The highest BCUT2D eigenvalue weighted by atomic mass is 15.2. The third kappa shape index (κ3) is 2.90. The van der Waals surface area contributed by atoms with Crippen LogP contribution in [0.5, 0.6) is 0 Å². The van der Waals surface area contributed by atoms with E-state index in [0.717, 1.165) is 31.3 Å². The van der Waals surface area contributed by atoms with Gasteiger partial charge in [0.2, 0.25) is 0 Å². The summed E-state index contributed by atoms with van der Waals surface area (Å²) >= 11 is 0. The van der Waals surface area contributed by atoms with Gasteiger partial charge < -0.3 is 9.80 Å². The van der Waals surface area contributed by atoms with Crippen LogP contribution in [0.25, 0.3) is 0 Å². The summed E-state index contributed by atoms with van der Waals surface area (Å²) in [6.45, 7) is 3.08. The molecule has 1 fully saturated rings. The van der Waals surface area contributed by atoms with Crippen LogP contribution in [-0.2, 0) is 6.54 Å². The Morgan fingerprint density at radius 1 is 1.10 bits per heavy atom. The van der Waals surface area contributed by atoms with Crippen molar-refractivity contribution < 1.29 is 0 Å². The van der Waals surface area contributed by atoms with Gasteiger partial charge in [-0.2, -0.15) is 0 Å². The smallest absolute Gasteiger partial charge is 0.134 e. The summed E-state index contributed by atoms with van der Waals surface area (Å²) in [6.07, 6.45) is 4.20. The molecule has 4 heteroatoms. The van der Waals surface area contributed by atoms with Gasteiger partial charge in [0.1, 0.15) is 18.0 Å². The first-order valence-corrected chi connectivity index (χ1v) is 7.15. The van der Waals surface area contributed by atoms with Crippen molar-refractivity contribution in [1.29, 1.82) is 0 Å². The van der Waals surface area contributed by atoms with Crippen LogP contribution >= 0.6 is 0 Å². The average molecular weight is 268 g/mol. The van der Waals surface area contributed by atoms with Crippen LogP contribution in [0.1, 0.15) is 18.4 Å². The van der Waals surface area contributed by atoms with Gasteiger partial charge >= 0.3 is 0 Å². The minimum absolute atomic E-state index is 0.858. The second-order valence-corrected chi connectivity index (χ2v) is 5.27. The highest BCUT2D eigenvalue weighted by Gasteiger charge is 2.15. The topological polar surface area (TPSA) is 32.3 Å². The predicted octanol–water partition coefficient (Wildman–Crippen LogP) is 2.71. The Bertz CT molecular complexity index is 549. The molecule has 1 saturated heterocycles. The molecular formula is C16H20N4. The highest BCUT2D eigenvalue weighted by Crippen LogP contribution is 2.21. The third-order valence-corrected chi connectivity index (χ3v) is 3.72. The predicted molar refractivity (Wildman–Crippen MR) is 82.0 cm³/mol. The molecule has 1 aliphatic rings. The lowest BCUT2D eigenvalue weighted by Crippen LogP contribution is -2.21. The summed E-state index contributed by atoms with van der Waals surface area (Å²) in [6, 6.07) is 12.5. The first-order chi connectivity index (χ1) is 9.83. The minimum atomic E-state index is 0.858. The molecular weight excluding hydrogens is 248 g/mol. The van der Waals surface area contributed by atoms with Crippen molar-refractivity contribution in [2.75, 3.05) is 29.9 Å². The number of hydrogen-bond donors (Lipinski definition) is 0. The van der Waals surface area contributed by atoms with E-state index in [2.05, 4.69) is 57.1 Å². The van der Waals surface area contributed by atoms with E-state index in [1.807, 2.05) is 6.07 Å². The molecule has 104 valence electrons. The molecule has 0 unspecified atom stereocenters. The standard InChI is InChI=1S/C16H20N4/c1-19(12-14-7-3-2-4-8-14)15-11-16(18-13-17-15)20-9-5-6-10-20/h2-4,7-8,11,13H,5-6,9-10,12H2,1H3. The van der Waals surface area contributed by atoms with Crippen molar-refractivity contribution >= 4 is 11.6 Å². The molecule has 1 aromatic carbocycles. The quantitative estimate of drug-likeness (QED) is 0.853. The van der Waals surface area contributed by atoms with Gasteiger partial charge in [-0.1, -0.05) is 30.3 Å². The monoisotopic (exact) mass is 268 g/mol. The molecule has 0 spiro atoms. The molecule has 0 atom stereocenters. The largest absolute Gasteiger partial charge is 0.356 e. The molecule has 1 aromatic heterocycles. The lowest BCUT2D eigenvalue weighted by atomic mass is 10.2. The van der Waals surface area contributed by atoms with E-state index in [-0.39, 0.29) is 0 Å². The van der Waals surface area contributed by atoms with Crippen molar-refractivity contribution in [2.24, 2.45) is 0 Å². The van der Waals surface area contributed by atoms with Crippen molar-refractivity contribution in [2.45, 2.75) is 19.4 Å². The lowest BCUT2D eigenvalue weighted by molar-refractivity contribution is 0.875. The van der Waals surface area contributed by atoms with Crippen LogP contribution in [0.2, 0.25) is 0 Å². The Hall–Kier alpha value is -2.10. The molecule has 0 bridgehead atoms. The normalized spacial score (nSPS) is 14.6. The third-order valence-electron chi connectivity index (χ3n) is 3.72. The van der Waals surface area contributed by atoms with Gasteiger partial charge in [-0.3, -0.25) is 0 Å². The number of nitrogens with zero attached hydrogens (tertiary/aromatic N) is 4. The summed E-state index contributed by atoms with van der Waals surface area (Å²) in [5.74, 6) is 2.03. The molecule has 2 heterocycles. The molecule has 2 aromatic rings. The zero-order valence-corrected chi connectivity index (χ0v) is 11.9. The zero-order chi connectivity index (χ0) is 13.8. The molecule has 1 aliphatic heterocycles. The highest BCUT2D eigenvalue weighted by molar-refractivity contribution is 5.50. The van der Waals surface area contributed by atoms with Crippen LogP contribution < -0.4 is 9.80 Å². The fourth-order valence-electron chi connectivity index (χ4n) is 2.60. The first-order valence-electron chi connectivity index (χ1n) is 7.15. The molecule has 0 N–H and O–H groups in total. The maximum Gasteiger partial charge on any atom is 0.134 e. The van der Waals surface area contributed by atoms with Gasteiger partial charge in [-0.25, -0.2) is 9.97 Å². The number of anilines is 2. The molecule has 0 aliphatic carbocycles. The van der Waals surface area contributed by atoms with Crippen molar-refractivity contribution in [3.05, 3.63) is 48.3 Å². The van der Waals surface area contributed by atoms with E-state index < -0.39 is 0 Å². The van der Waals surface area contributed by atoms with Gasteiger partial charge in [-0.15, -0.1) is 0 Å². The summed E-state index contributed by atoms with van der Waals surface area (Å²) in [4.78, 5) is 13.3. The molecule has 3 rings (SSSR count). The van der Waals surface area contributed by atoms with Crippen LogP contribution in [0.3, 0.4) is 0 Å². The summed E-state index contributed by atoms with van der Waals surface area (Å²) in [5, 5.41) is 0. The van der Waals surface area contributed by atoms with Gasteiger partial charge in [0.05, 0.1) is 0 Å². The van der Waals surface area contributed by atoms with Crippen LogP contribution in [-0.4, -0.2) is 30.1 Å². The Morgan fingerprint density at radius 3 is 2.60 bits per heavy atom. The number of benzene rings is 1. The number of rotatable bonds is 4. The maximum absolute atomic E-state index is 4.40. The molecule has 0 saturated carbocycles. The SMILES string of the molecule is CN(Cc1ccccc1)c1cc(N2CCCC2)ncn1. The number of aromatic nitrogens is 2. The molecule has 0 radical (unpaired) electrons. The van der Waals surface area contributed by atoms with Gasteiger partial charge in [0.15, 0.2) is 0 Å². The van der Waals surface area contributed by atoms with E-state index in [0.29, 0.717) is 0 Å². The summed E-state index contributed by atoms with van der Waals surface area (Å²) in [5.41, 5.74) is 1.29. The average Bonchev–Trinajstić information content (AvgIpc) is 3.03. The van der Waals surface area contributed by atoms with Crippen molar-refractivity contribution in [3.63, 3.8) is 0 Å². The number of hydrogen-bond acceptors (Lipinski definition) is 4. The van der Waals surface area contributed by atoms with Crippen LogP contribution in [0, 0.1) is 0 Å². The van der Waals surface area contributed by atoms with Crippen LogP contribution in [0.4, 0.5) is 11.6 Å². The Morgan fingerprint density at radius 2 is 1.85 bits per heavy atom. The zero-order valence-electron chi connectivity index (χ0n) is 11.9. The van der Waals surface area contributed by atoms with Gasteiger partial charge in [-0.05, 0) is 18.4 Å². The second-order valence-electron chi connectivity index (χ2n) is 5.27. The van der Waals surface area contributed by atoms with Crippen molar-refractivity contribution in [3.8, 4) is 0 Å².